The maximum Gasteiger partial charge on any atom is 0.414 e. The van der Waals surface area contributed by atoms with Gasteiger partial charge >= 0.3 is 6.09 Å². The monoisotopic (exact) mass is 223 g/mol. The second-order valence-electron chi connectivity index (χ2n) is 3.63. The lowest BCUT2D eigenvalue weighted by atomic mass is 10.1. The lowest BCUT2D eigenvalue weighted by Gasteiger charge is -2.14. The highest BCUT2D eigenvalue weighted by molar-refractivity contribution is 5.70. The van der Waals surface area contributed by atoms with Crippen LogP contribution in [0.3, 0.4) is 0 Å². The van der Waals surface area contributed by atoms with E-state index < -0.39 is 12.2 Å². The lowest BCUT2D eigenvalue weighted by Crippen LogP contribution is -2.29. The fraction of sp³-hybridized carbons (Fsp3) is 0.417. The Morgan fingerprint density at radius 3 is 2.81 bits per heavy atom. The summed E-state index contributed by atoms with van der Waals surface area (Å²) in [5.74, 6) is 0.448. The molecule has 0 radical (unpaired) electrons. The number of rotatable bonds is 3. The number of aliphatic hydroxyl groups excluding tert-OH is 1. The van der Waals surface area contributed by atoms with Crippen LogP contribution in [0.5, 0.6) is 5.75 Å². The topological polar surface area (TPSA) is 49.8 Å². The van der Waals surface area contributed by atoms with Gasteiger partial charge in [-0.25, -0.2) is 4.79 Å². The molecule has 0 aliphatic heterocycles. The van der Waals surface area contributed by atoms with Gasteiger partial charge in [0, 0.05) is 13.6 Å². The van der Waals surface area contributed by atoms with Crippen LogP contribution in [0.25, 0.3) is 0 Å². The first-order chi connectivity index (χ1) is 7.54. The van der Waals surface area contributed by atoms with Gasteiger partial charge in [-0.2, -0.15) is 0 Å². The molecule has 0 aromatic heterocycles. The minimum atomic E-state index is -0.567. The number of nitrogens with zero attached hydrogens (tertiary/aromatic N) is 1. The zero-order valence-electron chi connectivity index (χ0n) is 9.80. The number of ether oxygens (including phenoxy) is 1. The summed E-state index contributed by atoms with van der Waals surface area (Å²) in [7, 11) is 1.67. The van der Waals surface area contributed by atoms with E-state index in [1.165, 1.54) is 4.90 Å². The molecule has 88 valence electrons. The predicted octanol–water partition coefficient (Wildman–Crippen LogP) is 2.19. The van der Waals surface area contributed by atoms with Crippen molar-refractivity contribution in [3.8, 4) is 5.75 Å². The second kappa shape index (κ2) is 5.51. The van der Waals surface area contributed by atoms with Crippen LogP contribution in [0.15, 0.2) is 24.3 Å². The molecular weight excluding hydrogens is 206 g/mol. The molecule has 1 rings (SSSR count). The zero-order chi connectivity index (χ0) is 12.1. The van der Waals surface area contributed by atoms with E-state index in [0.717, 1.165) is 5.56 Å². The van der Waals surface area contributed by atoms with Gasteiger partial charge < -0.3 is 14.7 Å². The molecule has 0 aliphatic rings. The van der Waals surface area contributed by atoms with E-state index in [9.17, 15) is 9.90 Å². The third-order valence-corrected chi connectivity index (χ3v) is 2.33. The first kappa shape index (κ1) is 12.5. The summed E-state index contributed by atoms with van der Waals surface area (Å²) in [6.07, 6.45) is -0.965. The molecule has 0 heterocycles. The number of carbonyl (C=O) groups excluding carboxylic acids is 1. The van der Waals surface area contributed by atoms with Gasteiger partial charge in [0.05, 0.1) is 6.10 Å². The minimum Gasteiger partial charge on any atom is -0.410 e. The van der Waals surface area contributed by atoms with Gasteiger partial charge in [-0.15, -0.1) is 0 Å². The Bertz CT molecular complexity index is 363. The second-order valence-corrected chi connectivity index (χ2v) is 3.63. The molecule has 1 atom stereocenters. The quantitative estimate of drug-likeness (QED) is 0.854. The van der Waals surface area contributed by atoms with E-state index in [4.69, 9.17) is 4.74 Å². The molecule has 1 N–H and O–H groups in total. The molecular formula is C12H17NO3. The zero-order valence-corrected chi connectivity index (χ0v) is 9.80. The molecule has 0 aliphatic carbocycles. The third-order valence-electron chi connectivity index (χ3n) is 2.33. The number of carbonyl (C=O) groups is 1. The standard InChI is InChI=1S/C12H17NO3/c1-4-13(3)12(15)16-11-7-5-6-10(8-11)9(2)14/h5-9,14H,4H2,1-3H3. The maximum atomic E-state index is 11.5. The van der Waals surface area contributed by atoms with Crippen LogP contribution in [0.1, 0.15) is 25.5 Å². The number of benzene rings is 1. The molecule has 1 amide bonds. The lowest BCUT2D eigenvalue weighted by molar-refractivity contribution is 0.164. The molecule has 0 spiro atoms. The van der Waals surface area contributed by atoms with Crippen molar-refractivity contribution in [2.24, 2.45) is 0 Å². The van der Waals surface area contributed by atoms with Crippen LogP contribution in [-0.2, 0) is 0 Å². The molecule has 1 aromatic carbocycles. The molecule has 4 heteroatoms. The highest BCUT2D eigenvalue weighted by atomic mass is 16.6. The van der Waals surface area contributed by atoms with Gasteiger partial charge in [0.15, 0.2) is 0 Å². The molecule has 1 aromatic rings. The first-order valence-corrected chi connectivity index (χ1v) is 5.25. The first-order valence-electron chi connectivity index (χ1n) is 5.25. The van der Waals surface area contributed by atoms with E-state index >= 15 is 0 Å². The van der Waals surface area contributed by atoms with Crippen molar-refractivity contribution in [3.05, 3.63) is 29.8 Å². The summed E-state index contributed by atoms with van der Waals surface area (Å²) in [4.78, 5) is 12.9. The summed E-state index contributed by atoms with van der Waals surface area (Å²) >= 11 is 0. The van der Waals surface area contributed by atoms with Crippen LogP contribution >= 0.6 is 0 Å². The SMILES string of the molecule is CCN(C)C(=O)Oc1cccc(C(C)O)c1. The number of aliphatic hydroxyl groups is 1. The highest BCUT2D eigenvalue weighted by Crippen LogP contribution is 2.19. The van der Waals surface area contributed by atoms with E-state index in [-0.39, 0.29) is 0 Å². The van der Waals surface area contributed by atoms with Crippen LogP contribution < -0.4 is 4.74 Å². The summed E-state index contributed by atoms with van der Waals surface area (Å²) in [5, 5.41) is 9.39. The van der Waals surface area contributed by atoms with Gasteiger partial charge in [0.2, 0.25) is 0 Å². The Morgan fingerprint density at radius 2 is 2.25 bits per heavy atom. The maximum absolute atomic E-state index is 11.5. The normalized spacial score (nSPS) is 12.0. The molecule has 4 nitrogen and oxygen atoms in total. The fourth-order valence-electron chi connectivity index (χ4n) is 1.15. The van der Waals surface area contributed by atoms with Crippen molar-refractivity contribution < 1.29 is 14.6 Å². The molecule has 0 saturated heterocycles. The smallest absolute Gasteiger partial charge is 0.410 e. The van der Waals surface area contributed by atoms with E-state index in [2.05, 4.69) is 0 Å². The largest absolute Gasteiger partial charge is 0.414 e. The molecule has 0 fully saturated rings. The Morgan fingerprint density at radius 1 is 1.56 bits per heavy atom. The Hall–Kier alpha value is -1.55. The highest BCUT2D eigenvalue weighted by Gasteiger charge is 2.10. The average Bonchev–Trinajstić information content (AvgIpc) is 2.28. The number of hydrogen-bond acceptors (Lipinski definition) is 3. The van der Waals surface area contributed by atoms with Gasteiger partial charge in [0.25, 0.3) is 0 Å². The van der Waals surface area contributed by atoms with Crippen molar-refractivity contribution in [2.45, 2.75) is 20.0 Å². The van der Waals surface area contributed by atoms with Crippen molar-refractivity contribution >= 4 is 6.09 Å². The van der Waals surface area contributed by atoms with Crippen LogP contribution in [-0.4, -0.2) is 29.7 Å². The summed E-state index contributed by atoms with van der Waals surface area (Å²) < 4.78 is 5.13. The van der Waals surface area contributed by atoms with Crippen molar-refractivity contribution in [1.29, 1.82) is 0 Å². The van der Waals surface area contributed by atoms with Gasteiger partial charge in [0.1, 0.15) is 5.75 Å². The van der Waals surface area contributed by atoms with E-state index in [1.54, 1.807) is 38.2 Å². The van der Waals surface area contributed by atoms with E-state index in [0.29, 0.717) is 12.3 Å². The summed E-state index contributed by atoms with van der Waals surface area (Å²) in [6.45, 7) is 4.13. The average molecular weight is 223 g/mol. The number of amides is 1. The van der Waals surface area contributed by atoms with Gasteiger partial charge in [-0.3, -0.25) is 0 Å². The Kier molecular flexibility index (Phi) is 4.31. The van der Waals surface area contributed by atoms with Gasteiger partial charge in [-0.1, -0.05) is 12.1 Å². The summed E-state index contributed by atoms with van der Waals surface area (Å²) in [6, 6.07) is 6.88. The minimum absolute atomic E-state index is 0.398. The molecule has 16 heavy (non-hydrogen) atoms. The number of hydrogen-bond donors (Lipinski definition) is 1. The van der Waals surface area contributed by atoms with Crippen molar-refractivity contribution in [1.82, 2.24) is 4.90 Å². The summed E-state index contributed by atoms with van der Waals surface area (Å²) in [5.41, 5.74) is 0.726. The van der Waals surface area contributed by atoms with Crippen LogP contribution in [0.4, 0.5) is 4.79 Å². The van der Waals surface area contributed by atoms with Crippen LogP contribution in [0.2, 0.25) is 0 Å². The molecule has 0 saturated carbocycles. The third kappa shape index (κ3) is 3.24. The Balaban J connectivity index is 2.74. The predicted molar refractivity (Wildman–Crippen MR) is 61.4 cm³/mol. The Labute approximate surface area is 95.5 Å². The molecule has 0 bridgehead atoms. The molecule has 1 unspecified atom stereocenters. The fourth-order valence-corrected chi connectivity index (χ4v) is 1.15. The van der Waals surface area contributed by atoms with Gasteiger partial charge in [-0.05, 0) is 31.5 Å². The van der Waals surface area contributed by atoms with Crippen LogP contribution in [0, 0.1) is 0 Å². The van der Waals surface area contributed by atoms with Crippen molar-refractivity contribution in [2.75, 3.05) is 13.6 Å². The van der Waals surface area contributed by atoms with E-state index in [1.807, 2.05) is 6.92 Å². The van der Waals surface area contributed by atoms with Crippen molar-refractivity contribution in [3.63, 3.8) is 0 Å².